The van der Waals surface area contributed by atoms with E-state index in [4.69, 9.17) is 0 Å². The van der Waals surface area contributed by atoms with Crippen molar-refractivity contribution in [2.75, 3.05) is 7.05 Å². The van der Waals surface area contributed by atoms with Gasteiger partial charge in [0, 0.05) is 13.0 Å². The summed E-state index contributed by atoms with van der Waals surface area (Å²) in [4.78, 5) is 12.6. The number of allylic oxidation sites excluding steroid dienone is 3. The molecule has 2 N–H and O–H groups in total. The number of amides is 1. The zero-order valence-corrected chi connectivity index (χ0v) is 23.6. The molecule has 1 amide bonds. The Morgan fingerprint density at radius 1 is 1.14 bits per heavy atom. The van der Waals surface area contributed by atoms with E-state index in [0.717, 1.165) is 29.7 Å². The molecule has 0 spiro atoms. The van der Waals surface area contributed by atoms with E-state index >= 15 is 0 Å². The molecule has 3 atom stereocenters. The van der Waals surface area contributed by atoms with Crippen LogP contribution < -0.4 is 10.6 Å². The molecular weight excluding hydrogens is 708 g/mol. The second-order valence-corrected chi connectivity index (χ2v) is 7.81. The molecule has 1 aliphatic rings. The third-order valence-electron chi connectivity index (χ3n) is 5.49. The third-order valence-corrected chi connectivity index (χ3v) is 5.49. The zero-order chi connectivity index (χ0) is 25.8. The monoisotopic (exact) mass is 734 g/mol. The van der Waals surface area contributed by atoms with Crippen LogP contribution in [-0.2, 0) is 17.4 Å². The van der Waals surface area contributed by atoms with Crippen LogP contribution in [0.2, 0.25) is 0 Å². The van der Waals surface area contributed by atoms with Crippen molar-refractivity contribution in [2.45, 2.75) is 37.5 Å². The van der Waals surface area contributed by atoms with E-state index in [-0.39, 0.29) is 49.0 Å². The summed E-state index contributed by atoms with van der Waals surface area (Å²) in [5.74, 6) is -0.0735. The summed E-state index contributed by atoms with van der Waals surface area (Å²) in [5.41, 5.74) is 1.15. The maximum Gasteiger partial charge on any atom is 2.00 e. The van der Waals surface area contributed by atoms with E-state index in [0.29, 0.717) is 12.8 Å². The quantitative estimate of drug-likeness (QED) is 0.245. The number of halogens is 6. The van der Waals surface area contributed by atoms with E-state index in [1.54, 1.807) is 13.1 Å². The summed E-state index contributed by atoms with van der Waals surface area (Å²) < 4.78 is 67.2. The Labute approximate surface area is 230 Å². The minimum atomic E-state index is -4.34. The molecule has 36 heavy (non-hydrogen) atoms. The van der Waals surface area contributed by atoms with Crippen LogP contribution in [0.4, 0.5) is 26.3 Å². The predicted molar refractivity (Wildman–Crippen MR) is 122 cm³/mol. The maximum atomic E-state index is 12.8. The van der Waals surface area contributed by atoms with E-state index in [1.807, 2.05) is 42.5 Å². The molecular formula is C26H26F6N2OU. The van der Waals surface area contributed by atoms with Crippen molar-refractivity contribution < 1.29 is 62.3 Å². The van der Waals surface area contributed by atoms with E-state index < -0.39 is 24.5 Å². The number of alkyl halides is 3. The normalized spacial score (nSPS) is 16.4. The van der Waals surface area contributed by atoms with Crippen molar-refractivity contribution in [1.29, 1.82) is 0 Å². The van der Waals surface area contributed by atoms with Crippen LogP contribution in [0.1, 0.15) is 35.6 Å². The Bertz CT molecular complexity index is 962. The molecule has 10 heteroatoms. The summed E-state index contributed by atoms with van der Waals surface area (Å²) >= 11 is 0. The van der Waals surface area contributed by atoms with Crippen LogP contribution in [0.15, 0.2) is 72.8 Å². The molecule has 0 saturated heterocycles. The SMILES string of the molecule is CNC(=O)[C@H](N[C@H](CCc1ccc(C(F)(F)F)cc1)c1c[c-]ccc1)[C@@H]1C=CC=CC1.F[C-](F)F.[U+2]. The van der Waals surface area contributed by atoms with Crippen molar-refractivity contribution in [3.63, 3.8) is 0 Å². The van der Waals surface area contributed by atoms with Gasteiger partial charge < -0.3 is 23.8 Å². The molecule has 0 unspecified atom stereocenters. The first-order valence-electron chi connectivity index (χ1n) is 10.9. The number of rotatable bonds is 8. The first-order chi connectivity index (χ1) is 16.6. The molecule has 3 rings (SSSR count). The smallest absolute Gasteiger partial charge is 0.385 e. The fourth-order valence-corrected chi connectivity index (χ4v) is 3.75. The minimum absolute atomic E-state index is 0. The van der Waals surface area contributed by atoms with Gasteiger partial charge >= 0.3 is 37.3 Å². The summed E-state index contributed by atoms with van der Waals surface area (Å²) in [7, 11) is 1.62. The number of benzene rings is 2. The Morgan fingerprint density at radius 2 is 1.81 bits per heavy atom. The van der Waals surface area contributed by atoms with E-state index in [9.17, 15) is 31.1 Å². The molecule has 3 nitrogen and oxygen atoms in total. The number of carbonyl (C=O) groups is 1. The molecule has 0 radical (unpaired) electrons. The fourth-order valence-electron chi connectivity index (χ4n) is 3.75. The Balaban J connectivity index is 0.00000120. The Hall–Kier alpha value is -2.02. The van der Waals surface area contributed by atoms with Gasteiger partial charge in [0.15, 0.2) is 6.68 Å². The van der Waals surface area contributed by atoms with Crippen molar-refractivity contribution in [1.82, 2.24) is 10.6 Å². The van der Waals surface area contributed by atoms with Gasteiger partial charge in [-0.25, -0.2) is 0 Å². The fraction of sp³-hybridized carbons (Fsp3) is 0.308. The van der Waals surface area contributed by atoms with Crippen LogP contribution in [-0.4, -0.2) is 19.0 Å². The molecule has 192 valence electrons. The van der Waals surface area contributed by atoms with Crippen LogP contribution in [0.25, 0.3) is 0 Å². The van der Waals surface area contributed by atoms with Gasteiger partial charge in [-0.3, -0.25) is 4.79 Å². The number of likely N-dealkylation sites (N-methyl/N-ethyl adjacent to an activating group) is 1. The molecule has 2 aromatic carbocycles. The number of carbonyl (C=O) groups excluding carboxylic acids is 1. The average molecular weight is 735 g/mol. The summed E-state index contributed by atoms with van der Waals surface area (Å²) in [5, 5.41) is 6.24. The number of hydrogen-bond donors (Lipinski definition) is 2. The Kier molecular flexibility index (Phi) is 14.2. The van der Waals surface area contributed by atoms with Gasteiger partial charge in [-0.1, -0.05) is 36.4 Å². The first-order valence-corrected chi connectivity index (χ1v) is 10.9. The van der Waals surface area contributed by atoms with Gasteiger partial charge in [0.2, 0.25) is 5.91 Å². The van der Waals surface area contributed by atoms with E-state index in [1.165, 1.54) is 12.1 Å². The largest absolute Gasteiger partial charge is 2.00 e. The zero-order valence-electron chi connectivity index (χ0n) is 19.5. The van der Waals surface area contributed by atoms with Gasteiger partial charge in [-0.2, -0.15) is 43.5 Å². The second-order valence-electron chi connectivity index (χ2n) is 7.81. The van der Waals surface area contributed by atoms with Crippen LogP contribution in [0.3, 0.4) is 0 Å². The van der Waals surface area contributed by atoms with Crippen molar-refractivity contribution >= 4 is 5.91 Å². The second kappa shape index (κ2) is 16.0. The number of nitrogens with one attached hydrogen (secondary N) is 2. The van der Waals surface area contributed by atoms with Crippen molar-refractivity contribution in [3.05, 3.63) is 102 Å². The first kappa shape index (κ1) is 32.0. The Morgan fingerprint density at radius 3 is 2.31 bits per heavy atom. The van der Waals surface area contributed by atoms with Gasteiger partial charge in [0.25, 0.3) is 0 Å². The average Bonchev–Trinajstić information content (AvgIpc) is 2.84. The standard InChI is InChI=1S/C25H26F3N2O.CF3.U/c1-29-24(31)23(20-10-6-3-7-11-20)30-22(19-8-4-2-5-9-19)17-14-18-12-15-21(16-13-18)25(26,27)28;2-1(3)4;/h2-4,6-10,12-13,15-16,20,22-23,30H,11,14,17H2,1H3,(H,29,31);;/q2*-1;+2/t20-,22-,23-;;/m1../s1. The molecule has 0 bridgehead atoms. The molecule has 0 aliphatic heterocycles. The predicted octanol–water partition coefficient (Wildman–Crippen LogP) is 6.36. The third kappa shape index (κ3) is 10.9. The van der Waals surface area contributed by atoms with Gasteiger partial charge in [0.05, 0.1) is 11.6 Å². The van der Waals surface area contributed by atoms with Gasteiger partial charge in [-0.15, -0.1) is 5.56 Å². The molecule has 2 aromatic rings. The van der Waals surface area contributed by atoms with E-state index in [2.05, 4.69) is 16.7 Å². The molecule has 0 saturated carbocycles. The topological polar surface area (TPSA) is 41.1 Å². The minimum Gasteiger partial charge on any atom is -0.385 e. The summed E-state index contributed by atoms with van der Waals surface area (Å²) in [6.45, 7) is -3.08. The van der Waals surface area contributed by atoms with Gasteiger partial charge in [-0.05, 0) is 43.0 Å². The van der Waals surface area contributed by atoms with Crippen LogP contribution in [0.5, 0.6) is 0 Å². The van der Waals surface area contributed by atoms with Crippen molar-refractivity contribution in [2.24, 2.45) is 5.92 Å². The molecule has 0 aromatic heterocycles. The summed E-state index contributed by atoms with van der Waals surface area (Å²) in [6, 6.07) is 15.3. The van der Waals surface area contributed by atoms with Crippen LogP contribution >= 0.6 is 0 Å². The number of aryl methyl sites for hydroxylation is 1. The summed E-state index contributed by atoms with van der Waals surface area (Å²) in [6.07, 6.45) is 5.59. The molecule has 0 heterocycles. The van der Waals surface area contributed by atoms with Gasteiger partial charge in [0.1, 0.15) is 0 Å². The molecule has 1 aliphatic carbocycles. The molecule has 0 fully saturated rings. The maximum absolute atomic E-state index is 12.8. The number of hydrogen-bond acceptors (Lipinski definition) is 2. The van der Waals surface area contributed by atoms with Crippen molar-refractivity contribution in [3.8, 4) is 0 Å². The van der Waals surface area contributed by atoms with Crippen LogP contribution in [0, 0.1) is 49.8 Å².